The predicted octanol–water partition coefficient (Wildman–Crippen LogP) is 3.01. The normalized spacial score (nSPS) is 20.0. The van der Waals surface area contributed by atoms with Crippen LogP contribution in [0.2, 0.25) is 0 Å². The van der Waals surface area contributed by atoms with Gasteiger partial charge in [0.1, 0.15) is 24.7 Å². The molecule has 6 nitrogen and oxygen atoms in total. The molecule has 0 saturated carbocycles. The van der Waals surface area contributed by atoms with E-state index in [9.17, 15) is 9.59 Å². The number of allylic oxidation sites excluding steroid dienone is 1. The maximum absolute atomic E-state index is 13.1. The first-order valence-electron chi connectivity index (χ1n) is 9.37. The number of ketones is 1. The Balaban J connectivity index is 1.76. The van der Waals surface area contributed by atoms with Crippen LogP contribution in [0.1, 0.15) is 41.3 Å². The van der Waals surface area contributed by atoms with Gasteiger partial charge < -0.3 is 19.1 Å². The van der Waals surface area contributed by atoms with Gasteiger partial charge in [0.2, 0.25) is 5.76 Å². The summed E-state index contributed by atoms with van der Waals surface area (Å²) < 4.78 is 16.3. The zero-order chi connectivity index (χ0) is 19.6. The number of carbonyl (C=O) groups excluding carboxylic acids is 2. The van der Waals surface area contributed by atoms with Crippen LogP contribution in [-0.4, -0.2) is 50.0 Å². The summed E-state index contributed by atoms with van der Waals surface area (Å²) in [6.45, 7) is 7.48. The van der Waals surface area contributed by atoms with Crippen molar-refractivity contribution in [1.82, 2.24) is 4.90 Å². The van der Waals surface area contributed by atoms with Gasteiger partial charge in [0.05, 0.1) is 7.11 Å². The van der Waals surface area contributed by atoms with Gasteiger partial charge >= 0.3 is 0 Å². The molecular weight excluding hydrogens is 346 g/mol. The summed E-state index contributed by atoms with van der Waals surface area (Å²) in [7, 11) is 1.63. The molecule has 0 N–H and O–H groups in total. The fraction of sp³-hybridized carbons (Fsp3) is 0.524. The van der Waals surface area contributed by atoms with E-state index in [2.05, 4.69) is 0 Å². The van der Waals surface area contributed by atoms with Crippen LogP contribution in [0.15, 0.2) is 23.7 Å². The van der Waals surface area contributed by atoms with Crippen molar-refractivity contribution < 1.29 is 23.8 Å². The first kappa shape index (κ1) is 19.3. The molecule has 0 aromatic heterocycles. The third kappa shape index (κ3) is 3.94. The number of Topliss-reactive ketones (excluding diaryl/α,β-unsaturated/α-hetero) is 1. The van der Waals surface area contributed by atoms with Gasteiger partial charge in [-0.3, -0.25) is 9.59 Å². The molecular formula is C21H27NO5. The Labute approximate surface area is 160 Å². The molecule has 2 aliphatic heterocycles. The Morgan fingerprint density at radius 1 is 1.11 bits per heavy atom. The molecule has 3 rings (SSSR count). The van der Waals surface area contributed by atoms with Crippen LogP contribution < -0.4 is 4.74 Å². The van der Waals surface area contributed by atoms with E-state index < -0.39 is 0 Å². The maximum Gasteiger partial charge on any atom is 0.292 e. The Morgan fingerprint density at radius 2 is 1.78 bits per heavy atom. The van der Waals surface area contributed by atoms with Crippen molar-refractivity contribution >= 4 is 11.7 Å². The lowest BCUT2D eigenvalue weighted by Crippen LogP contribution is -2.44. The molecule has 1 fully saturated rings. The van der Waals surface area contributed by atoms with E-state index in [-0.39, 0.29) is 23.4 Å². The third-order valence-electron chi connectivity index (χ3n) is 5.19. The van der Waals surface area contributed by atoms with E-state index in [1.165, 1.54) is 0 Å². The highest BCUT2D eigenvalue weighted by Crippen LogP contribution is 2.28. The maximum atomic E-state index is 13.1. The molecule has 2 aliphatic rings. The molecule has 1 amide bonds. The molecule has 1 saturated heterocycles. The number of aryl methyl sites for hydroxylation is 2. The number of hydrogen-bond donors (Lipinski definition) is 0. The topological polar surface area (TPSA) is 65.1 Å². The summed E-state index contributed by atoms with van der Waals surface area (Å²) in [6, 6.07) is 3.75. The van der Waals surface area contributed by atoms with Crippen molar-refractivity contribution in [3.63, 3.8) is 0 Å². The Hall–Kier alpha value is -2.50. The molecule has 0 bridgehead atoms. The zero-order valence-corrected chi connectivity index (χ0v) is 16.5. The second-order valence-electron chi connectivity index (χ2n) is 7.18. The summed E-state index contributed by atoms with van der Waals surface area (Å²) in [5.41, 5.74) is 2.56. The van der Waals surface area contributed by atoms with Crippen molar-refractivity contribution in [3.8, 4) is 5.75 Å². The Kier molecular flexibility index (Phi) is 5.73. The summed E-state index contributed by atoms with van der Waals surface area (Å²) >= 11 is 0. The molecule has 6 heteroatoms. The van der Waals surface area contributed by atoms with E-state index in [1.54, 1.807) is 18.9 Å². The second-order valence-corrected chi connectivity index (χ2v) is 7.18. The van der Waals surface area contributed by atoms with Crippen LogP contribution in [0.25, 0.3) is 0 Å². The molecule has 0 aliphatic carbocycles. The smallest absolute Gasteiger partial charge is 0.292 e. The summed E-state index contributed by atoms with van der Waals surface area (Å²) in [6.07, 6.45) is 1.57. The highest BCUT2D eigenvalue weighted by atomic mass is 16.6. The fourth-order valence-corrected chi connectivity index (χ4v) is 3.89. The van der Waals surface area contributed by atoms with Crippen molar-refractivity contribution in [2.24, 2.45) is 5.92 Å². The first-order chi connectivity index (χ1) is 12.9. The predicted molar refractivity (Wildman–Crippen MR) is 101 cm³/mol. The first-order valence-corrected chi connectivity index (χ1v) is 9.37. The Morgan fingerprint density at radius 3 is 2.41 bits per heavy atom. The van der Waals surface area contributed by atoms with Crippen LogP contribution in [0.4, 0.5) is 0 Å². The second kappa shape index (κ2) is 8.03. The lowest BCUT2D eigenvalue weighted by Gasteiger charge is -2.33. The minimum absolute atomic E-state index is 0.0767. The summed E-state index contributed by atoms with van der Waals surface area (Å²) in [4.78, 5) is 27.6. The van der Waals surface area contributed by atoms with E-state index in [0.29, 0.717) is 37.6 Å². The molecule has 27 heavy (non-hydrogen) atoms. The van der Waals surface area contributed by atoms with E-state index in [4.69, 9.17) is 14.2 Å². The highest BCUT2D eigenvalue weighted by Gasteiger charge is 2.33. The van der Waals surface area contributed by atoms with Crippen molar-refractivity contribution in [2.75, 3.05) is 33.4 Å². The van der Waals surface area contributed by atoms with Gasteiger partial charge in [0.15, 0.2) is 5.78 Å². The number of carbonyl (C=O) groups is 2. The number of hydrogen-bond acceptors (Lipinski definition) is 5. The summed E-state index contributed by atoms with van der Waals surface area (Å²) in [5, 5.41) is 0. The molecule has 1 atom stereocenters. The third-order valence-corrected chi connectivity index (χ3v) is 5.19. The quantitative estimate of drug-likeness (QED) is 0.759. The Bertz CT molecular complexity index is 760. The van der Waals surface area contributed by atoms with E-state index in [0.717, 1.165) is 29.7 Å². The number of amides is 1. The molecule has 2 heterocycles. The minimum Gasteiger partial charge on any atom is -0.496 e. The van der Waals surface area contributed by atoms with Crippen molar-refractivity contribution in [3.05, 3.63) is 40.3 Å². The van der Waals surface area contributed by atoms with Gasteiger partial charge in [-0.1, -0.05) is 0 Å². The molecule has 1 aromatic rings. The number of benzene rings is 1. The number of methoxy groups -OCH3 is 1. The molecule has 1 aromatic carbocycles. The van der Waals surface area contributed by atoms with Crippen LogP contribution in [0.3, 0.4) is 0 Å². The lowest BCUT2D eigenvalue weighted by atomic mass is 9.88. The lowest BCUT2D eigenvalue weighted by molar-refractivity contribution is -0.134. The van der Waals surface area contributed by atoms with E-state index in [1.807, 2.05) is 26.0 Å². The minimum atomic E-state index is -0.208. The number of ether oxygens (including phenoxy) is 3. The number of piperidine rings is 1. The van der Waals surface area contributed by atoms with Crippen LogP contribution in [-0.2, 0) is 14.3 Å². The van der Waals surface area contributed by atoms with Gasteiger partial charge in [-0.2, -0.15) is 0 Å². The molecule has 146 valence electrons. The average Bonchev–Trinajstić information content (AvgIpc) is 2.67. The standard InChI is InChI=1S/C21H27NO5/c1-13-10-17(11-14(2)19(13)25-4)18(23)16-6-5-7-22(12-16)21(24)20-15(3)26-8-9-27-20/h10-11,16H,5-9,12H2,1-4H3/t16-/m1/s1. The van der Waals surface area contributed by atoms with Gasteiger partial charge in [0, 0.05) is 24.6 Å². The van der Waals surface area contributed by atoms with Crippen LogP contribution in [0, 0.1) is 19.8 Å². The number of nitrogens with zero attached hydrogens (tertiary/aromatic N) is 1. The van der Waals surface area contributed by atoms with Crippen LogP contribution >= 0.6 is 0 Å². The molecule has 0 unspecified atom stereocenters. The van der Waals surface area contributed by atoms with E-state index >= 15 is 0 Å². The molecule has 0 spiro atoms. The van der Waals surface area contributed by atoms with Crippen molar-refractivity contribution in [2.45, 2.75) is 33.6 Å². The highest BCUT2D eigenvalue weighted by molar-refractivity contribution is 5.99. The largest absolute Gasteiger partial charge is 0.496 e. The monoisotopic (exact) mass is 373 g/mol. The van der Waals surface area contributed by atoms with Crippen molar-refractivity contribution in [1.29, 1.82) is 0 Å². The van der Waals surface area contributed by atoms with Gasteiger partial charge in [-0.15, -0.1) is 0 Å². The summed E-state index contributed by atoms with van der Waals surface area (Å²) in [5.74, 6) is 1.27. The SMILES string of the molecule is COc1c(C)cc(C(=O)[C@@H]2CCCN(C(=O)C3=C(C)OCCO3)C2)cc1C. The van der Waals surface area contributed by atoms with Gasteiger partial charge in [-0.05, 0) is 56.9 Å². The molecule has 0 radical (unpaired) electrons. The van der Waals surface area contributed by atoms with Gasteiger partial charge in [-0.25, -0.2) is 0 Å². The number of likely N-dealkylation sites (tertiary alicyclic amines) is 1. The van der Waals surface area contributed by atoms with Gasteiger partial charge in [0.25, 0.3) is 5.91 Å². The fourth-order valence-electron chi connectivity index (χ4n) is 3.89. The average molecular weight is 373 g/mol. The zero-order valence-electron chi connectivity index (χ0n) is 16.5. The number of rotatable bonds is 4. The van der Waals surface area contributed by atoms with Crippen LogP contribution in [0.5, 0.6) is 5.75 Å².